The van der Waals surface area contributed by atoms with Crippen molar-refractivity contribution in [3.63, 3.8) is 0 Å². The average molecular weight is 258 g/mol. The average Bonchev–Trinajstić information content (AvgIpc) is 2.11. The molecular formula is C7H14O7Ti. The zero-order valence-electron chi connectivity index (χ0n) is 8.16. The second kappa shape index (κ2) is 9.23. The second-order valence-corrected chi connectivity index (χ2v) is 2.54. The summed E-state index contributed by atoms with van der Waals surface area (Å²) >= 11 is 0. The molecule has 0 aromatic carbocycles. The van der Waals surface area contributed by atoms with Gasteiger partial charge >= 0.3 is 5.97 Å². The molecule has 1 fully saturated rings. The quantitative estimate of drug-likeness (QED) is 0.406. The molecule has 0 radical (unpaired) electrons. The first kappa shape index (κ1) is 17.4. The van der Waals surface area contributed by atoms with E-state index in [1.807, 2.05) is 0 Å². The first-order chi connectivity index (χ1) is 6.45. The van der Waals surface area contributed by atoms with Crippen LogP contribution in [0.2, 0.25) is 0 Å². The van der Waals surface area contributed by atoms with E-state index in [0.717, 1.165) is 0 Å². The summed E-state index contributed by atoms with van der Waals surface area (Å²) in [7, 11) is 0. The first-order valence-corrected chi connectivity index (χ1v) is 3.95. The molecular weight excluding hydrogens is 244 g/mol. The Hall–Kier alpha value is -0.0157. The molecule has 1 aliphatic rings. The van der Waals surface area contributed by atoms with Crippen molar-refractivity contribution in [1.82, 2.24) is 0 Å². The molecule has 0 aromatic rings. The van der Waals surface area contributed by atoms with Gasteiger partial charge in [-0.1, -0.05) is 0 Å². The maximum absolute atomic E-state index is 9.45. The molecule has 7 nitrogen and oxygen atoms in total. The van der Waals surface area contributed by atoms with Crippen molar-refractivity contribution in [3.8, 4) is 0 Å². The Balaban J connectivity index is 0. The maximum Gasteiger partial charge on any atom is 0.332 e. The molecule has 1 saturated heterocycles. The van der Waals surface area contributed by atoms with Crippen LogP contribution < -0.4 is 0 Å². The summed E-state index contributed by atoms with van der Waals surface area (Å²) in [6.45, 7) is 1.89. The number of rotatable bonds is 1. The van der Waals surface area contributed by atoms with Crippen LogP contribution in [0.5, 0.6) is 0 Å². The SMILES string of the molecule is CC(O)C(=O)O.OC1OCCOC1O.[Ti]. The van der Waals surface area contributed by atoms with Crippen molar-refractivity contribution in [3.05, 3.63) is 0 Å². The molecule has 0 bridgehead atoms. The molecule has 0 aliphatic carbocycles. The van der Waals surface area contributed by atoms with Gasteiger partial charge < -0.3 is 29.9 Å². The van der Waals surface area contributed by atoms with E-state index in [0.29, 0.717) is 13.2 Å². The van der Waals surface area contributed by atoms with Gasteiger partial charge in [-0.05, 0) is 6.92 Å². The Morgan fingerprint density at radius 3 is 1.67 bits per heavy atom. The molecule has 4 N–H and O–H groups in total. The molecule has 0 aromatic heterocycles. The van der Waals surface area contributed by atoms with E-state index in [1.54, 1.807) is 0 Å². The monoisotopic (exact) mass is 258 g/mol. The third-order valence-electron chi connectivity index (χ3n) is 1.26. The van der Waals surface area contributed by atoms with Crippen molar-refractivity contribution in [2.24, 2.45) is 0 Å². The summed E-state index contributed by atoms with van der Waals surface area (Å²) in [6, 6.07) is 0. The zero-order valence-corrected chi connectivity index (χ0v) is 9.72. The van der Waals surface area contributed by atoms with Crippen LogP contribution in [0.25, 0.3) is 0 Å². The minimum Gasteiger partial charge on any atom is -0.479 e. The zero-order chi connectivity index (χ0) is 11.1. The van der Waals surface area contributed by atoms with Crippen LogP contribution in [0, 0.1) is 0 Å². The minimum absolute atomic E-state index is 0. The van der Waals surface area contributed by atoms with Crippen molar-refractivity contribution in [1.29, 1.82) is 0 Å². The molecule has 1 rings (SSSR count). The number of aliphatic hydroxyl groups is 3. The van der Waals surface area contributed by atoms with E-state index in [4.69, 9.17) is 20.4 Å². The molecule has 15 heavy (non-hydrogen) atoms. The van der Waals surface area contributed by atoms with Crippen LogP contribution in [0.1, 0.15) is 6.92 Å². The number of aliphatic carboxylic acids is 1. The van der Waals surface area contributed by atoms with Crippen LogP contribution in [-0.4, -0.2) is 58.3 Å². The molecule has 0 saturated carbocycles. The van der Waals surface area contributed by atoms with Crippen LogP contribution in [0.3, 0.4) is 0 Å². The Morgan fingerprint density at radius 1 is 1.27 bits per heavy atom. The number of carbonyl (C=O) groups is 1. The van der Waals surface area contributed by atoms with Crippen LogP contribution in [0.15, 0.2) is 0 Å². The minimum atomic E-state index is -1.23. The van der Waals surface area contributed by atoms with Gasteiger partial charge in [-0.25, -0.2) is 4.79 Å². The smallest absolute Gasteiger partial charge is 0.332 e. The third-order valence-corrected chi connectivity index (χ3v) is 1.26. The summed E-state index contributed by atoms with van der Waals surface area (Å²) in [5.74, 6) is -1.19. The van der Waals surface area contributed by atoms with Gasteiger partial charge in [0, 0.05) is 21.7 Å². The fraction of sp³-hybridized carbons (Fsp3) is 0.857. The summed E-state index contributed by atoms with van der Waals surface area (Å²) in [4.78, 5) is 9.45. The molecule has 8 heteroatoms. The van der Waals surface area contributed by atoms with Gasteiger partial charge in [-0.3, -0.25) is 0 Å². The first-order valence-electron chi connectivity index (χ1n) is 3.95. The second-order valence-electron chi connectivity index (χ2n) is 2.54. The topological polar surface area (TPSA) is 116 Å². The van der Waals surface area contributed by atoms with E-state index < -0.39 is 24.7 Å². The van der Waals surface area contributed by atoms with Gasteiger partial charge in [-0.2, -0.15) is 0 Å². The fourth-order valence-corrected chi connectivity index (χ4v) is 0.502. The number of carboxylic acid groups (broad SMARTS) is 1. The van der Waals surface area contributed by atoms with Crippen molar-refractivity contribution in [2.75, 3.05) is 13.2 Å². The van der Waals surface area contributed by atoms with Gasteiger partial charge in [0.2, 0.25) is 12.6 Å². The molecule has 0 spiro atoms. The van der Waals surface area contributed by atoms with Crippen molar-refractivity contribution >= 4 is 5.97 Å². The molecule has 3 atom stereocenters. The number of aliphatic hydroxyl groups excluding tert-OH is 3. The van der Waals surface area contributed by atoms with Gasteiger partial charge in [-0.15, -0.1) is 0 Å². The van der Waals surface area contributed by atoms with Gasteiger partial charge in [0.15, 0.2) is 0 Å². The molecule has 3 unspecified atom stereocenters. The number of ether oxygens (including phenoxy) is 2. The Kier molecular flexibility index (Phi) is 10.7. The van der Waals surface area contributed by atoms with E-state index in [-0.39, 0.29) is 21.7 Å². The summed E-state index contributed by atoms with van der Waals surface area (Å²) < 4.78 is 9.14. The molecule has 1 aliphatic heterocycles. The number of hydrogen-bond acceptors (Lipinski definition) is 6. The van der Waals surface area contributed by atoms with Crippen LogP contribution in [-0.2, 0) is 36.0 Å². The Morgan fingerprint density at radius 2 is 1.53 bits per heavy atom. The summed E-state index contributed by atoms with van der Waals surface area (Å²) in [5.41, 5.74) is 0. The van der Waals surface area contributed by atoms with E-state index in [9.17, 15) is 4.79 Å². The summed E-state index contributed by atoms with van der Waals surface area (Å²) in [5, 5.41) is 32.9. The fourth-order valence-electron chi connectivity index (χ4n) is 0.502. The normalized spacial score (nSPS) is 26.7. The Labute approximate surface area is 102 Å². The van der Waals surface area contributed by atoms with E-state index in [2.05, 4.69) is 9.47 Å². The van der Waals surface area contributed by atoms with Crippen molar-refractivity contribution < 1.29 is 56.4 Å². The van der Waals surface area contributed by atoms with Gasteiger partial charge in [0.1, 0.15) is 6.10 Å². The predicted octanol–water partition coefficient (Wildman–Crippen LogP) is -1.88. The summed E-state index contributed by atoms with van der Waals surface area (Å²) in [6.07, 6.45) is -3.56. The standard InChI is InChI=1S/C4H8O4.C3H6O3.Ti/c5-3-4(6)8-2-1-7-3;1-2(4)3(5)6;/h3-6H,1-2H2;2,4H,1H3,(H,5,6);. The molecule has 0 amide bonds. The largest absolute Gasteiger partial charge is 0.479 e. The maximum atomic E-state index is 9.45. The number of carboxylic acids is 1. The Bertz CT molecular complexity index is 165. The van der Waals surface area contributed by atoms with Gasteiger partial charge in [0.25, 0.3) is 0 Å². The predicted molar refractivity (Wildman–Crippen MR) is 43.2 cm³/mol. The number of hydrogen-bond donors (Lipinski definition) is 4. The van der Waals surface area contributed by atoms with E-state index >= 15 is 0 Å². The van der Waals surface area contributed by atoms with Crippen LogP contribution >= 0.6 is 0 Å². The van der Waals surface area contributed by atoms with Crippen molar-refractivity contribution in [2.45, 2.75) is 25.6 Å². The molecule has 1 heterocycles. The third kappa shape index (κ3) is 8.95. The van der Waals surface area contributed by atoms with Crippen LogP contribution in [0.4, 0.5) is 0 Å². The molecule has 88 valence electrons. The van der Waals surface area contributed by atoms with E-state index in [1.165, 1.54) is 6.92 Å². The van der Waals surface area contributed by atoms with Gasteiger partial charge in [0.05, 0.1) is 13.2 Å².